The van der Waals surface area contributed by atoms with Crippen LogP contribution in [0.25, 0.3) is 0 Å². The van der Waals surface area contributed by atoms with E-state index < -0.39 is 0 Å². The first-order valence-electron chi connectivity index (χ1n) is 6.58. The lowest BCUT2D eigenvalue weighted by atomic mass is 9.64. The summed E-state index contributed by atoms with van der Waals surface area (Å²) in [5.74, 6) is 0. The standard InChI is InChI=1S/C15H20O2/c1-11-2-4-13-12(10-11)3-5-14(16)15(13)6-8-17-9-7-15/h2,4,10,14,16H,3,5-9H2,1H3. The Morgan fingerprint density at radius 1 is 1.29 bits per heavy atom. The molecule has 17 heavy (non-hydrogen) atoms. The molecule has 1 atom stereocenters. The fourth-order valence-electron chi connectivity index (χ4n) is 3.50. The molecule has 3 rings (SSSR count). The van der Waals surface area contributed by atoms with Gasteiger partial charge in [-0.15, -0.1) is 0 Å². The van der Waals surface area contributed by atoms with Gasteiger partial charge < -0.3 is 9.84 Å². The Morgan fingerprint density at radius 2 is 2.06 bits per heavy atom. The van der Waals surface area contributed by atoms with Crippen LogP contribution in [0.2, 0.25) is 0 Å². The highest BCUT2D eigenvalue weighted by atomic mass is 16.5. The Kier molecular flexibility index (Phi) is 2.72. The quantitative estimate of drug-likeness (QED) is 0.744. The fraction of sp³-hybridized carbons (Fsp3) is 0.600. The maximum Gasteiger partial charge on any atom is 0.0641 e. The number of aliphatic hydroxyl groups excluding tert-OH is 1. The number of hydrogen-bond donors (Lipinski definition) is 1. The zero-order chi connectivity index (χ0) is 11.9. The molecule has 1 aliphatic heterocycles. The van der Waals surface area contributed by atoms with Crippen molar-refractivity contribution in [1.29, 1.82) is 0 Å². The summed E-state index contributed by atoms with van der Waals surface area (Å²) in [6, 6.07) is 6.70. The lowest BCUT2D eigenvalue weighted by Gasteiger charge is -2.45. The van der Waals surface area contributed by atoms with E-state index in [1.54, 1.807) is 0 Å². The van der Waals surface area contributed by atoms with E-state index in [2.05, 4.69) is 25.1 Å². The minimum absolute atomic E-state index is 0.0282. The topological polar surface area (TPSA) is 29.5 Å². The third-order valence-corrected chi connectivity index (χ3v) is 4.51. The largest absolute Gasteiger partial charge is 0.392 e. The zero-order valence-corrected chi connectivity index (χ0v) is 10.4. The molecule has 1 N–H and O–H groups in total. The van der Waals surface area contributed by atoms with Gasteiger partial charge in [-0.05, 0) is 43.7 Å². The molecule has 1 aliphatic carbocycles. The van der Waals surface area contributed by atoms with Crippen molar-refractivity contribution < 1.29 is 9.84 Å². The van der Waals surface area contributed by atoms with Crippen molar-refractivity contribution in [1.82, 2.24) is 0 Å². The van der Waals surface area contributed by atoms with E-state index in [1.165, 1.54) is 16.7 Å². The molecule has 0 radical (unpaired) electrons. The molecule has 1 heterocycles. The highest BCUT2D eigenvalue weighted by Crippen LogP contribution is 2.44. The molecule has 0 bridgehead atoms. The zero-order valence-electron chi connectivity index (χ0n) is 10.4. The first-order valence-corrected chi connectivity index (χ1v) is 6.58. The molecule has 2 aliphatic rings. The SMILES string of the molecule is Cc1ccc2c(c1)CCC(O)C21CCOCC1. The highest BCUT2D eigenvalue weighted by molar-refractivity contribution is 5.41. The summed E-state index contributed by atoms with van der Waals surface area (Å²) in [4.78, 5) is 0. The lowest BCUT2D eigenvalue weighted by molar-refractivity contribution is -0.0237. The van der Waals surface area contributed by atoms with Crippen LogP contribution < -0.4 is 0 Å². The third kappa shape index (κ3) is 1.71. The smallest absolute Gasteiger partial charge is 0.0641 e. The summed E-state index contributed by atoms with van der Waals surface area (Å²) in [5.41, 5.74) is 4.11. The Morgan fingerprint density at radius 3 is 2.82 bits per heavy atom. The van der Waals surface area contributed by atoms with E-state index >= 15 is 0 Å². The number of aryl methyl sites for hydroxylation is 2. The normalized spacial score (nSPS) is 26.8. The Balaban J connectivity index is 2.09. The maximum atomic E-state index is 10.4. The van der Waals surface area contributed by atoms with Crippen molar-refractivity contribution in [3.63, 3.8) is 0 Å². The molecule has 0 amide bonds. The van der Waals surface area contributed by atoms with Crippen LogP contribution in [0.1, 0.15) is 36.0 Å². The van der Waals surface area contributed by atoms with Gasteiger partial charge in [0.1, 0.15) is 0 Å². The van der Waals surface area contributed by atoms with Crippen LogP contribution in [0, 0.1) is 6.92 Å². The van der Waals surface area contributed by atoms with E-state index in [4.69, 9.17) is 4.74 Å². The van der Waals surface area contributed by atoms with Crippen molar-refractivity contribution in [2.75, 3.05) is 13.2 Å². The van der Waals surface area contributed by atoms with E-state index in [0.717, 1.165) is 38.9 Å². The summed E-state index contributed by atoms with van der Waals surface area (Å²) < 4.78 is 5.47. The molecule has 1 spiro atoms. The number of ether oxygens (including phenoxy) is 1. The minimum Gasteiger partial charge on any atom is -0.392 e. The molecule has 92 valence electrons. The van der Waals surface area contributed by atoms with E-state index in [0.29, 0.717) is 0 Å². The second-order valence-electron chi connectivity index (χ2n) is 5.48. The van der Waals surface area contributed by atoms with Gasteiger partial charge >= 0.3 is 0 Å². The third-order valence-electron chi connectivity index (χ3n) is 4.51. The molecule has 1 unspecified atom stereocenters. The number of benzene rings is 1. The second kappa shape index (κ2) is 4.11. The highest BCUT2D eigenvalue weighted by Gasteiger charge is 2.44. The van der Waals surface area contributed by atoms with E-state index in [-0.39, 0.29) is 11.5 Å². The molecule has 1 aromatic carbocycles. The van der Waals surface area contributed by atoms with E-state index in [1.807, 2.05) is 0 Å². The Labute approximate surface area is 103 Å². The van der Waals surface area contributed by atoms with Gasteiger partial charge in [-0.25, -0.2) is 0 Å². The molecular formula is C15H20O2. The number of aliphatic hydroxyl groups is 1. The molecule has 0 aromatic heterocycles. The second-order valence-corrected chi connectivity index (χ2v) is 5.48. The van der Waals surface area contributed by atoms with Gasteiger partial charge in [0.15, 0.2) is 0 Å². The van der Waals surface area contributed by atoms with Gasteiger partial charge in [0, 0.05) is 18.6 Å². The van der Waals surface area contributed by atoms with Crippen LogP contribution in [0.5, 0.6) is 0 Å². The van der Waals surface area contributed by atoms with Crippen molar-refractivity contribution in [3.8, 4) is 0 Å². The van der Waals surface area contributed by atoms with Crippen LogP contribution in [0.3, 0.4) is 0 Å². The van der Waals surface area contributed by atoms with Crippen LogP contribution in [-0.2, 0) is 16.6 Å². The van der Waals surface area contributed by atoms with Crippen molar-refractivity contribution in [2.24, 2.45) is 0 Å². The van der Waals surface area contributed by atoms with E-state index in [9.17, 15) is 5.11 Å². The van der Waals surface area contributed by atoms with Crippen molar-refractivity contribution in [2.45, 2.75) is 44.1 Å². The summed E-state index contributed by atoms with van der Waals surface area (Å²) in [6.07, 6.45) is 3.65. The molecule has 2 nitrogen and oxygen atoms in total. The van der Waals surface area contributed by atoms with Gasteiger partial charge in [-0.1, -0.05) is 23.8 Å². The number of fused-ring (bicyclic) bond motifs is 2. The lowest BCUT2D eigenvalue weighted by Crippen LogP contribution is -2.47. The summed E-state index contributed by atoms with van der Waals surface area (Å²) >= 11 is 0. The molecule has 1 saturated heterocycles. The average Bonchev–Trinajstić information content (AvgIpc) is 2.35. The predicted molar refractivity (Wildman–Crippen MR) is 67.2 cm³/mol. The monoisotopic (exact) mass is 232 g/mol. The van der Waals surface area contributed by atoms with Crippen LogP contribution in [0.4, 0.5) is 0 Å². The van der Waals surface area contributed by atoms with Crippen molar-refractivity contribution >= 4 is 0 Å². The minimum atomic E-state index is -0.193. The van der Waals surface area contributed by atoms with Crippen LogP contribution in [0.15, 0.2) is 18.2 Å². The molecule has 2 heteroatoms. The number of hydrogen-bond acceptors (Lipinski definition) is 2. The van der Waals surface area contributed by atoms with Crippen molar-refractivity contribution in [3.05, 3.63) is 34.9 Å². The summed E-state index contributed by atoms with van der Waals surface area (Å²) in [6.45, 7) is 3.71. The maximum absolute atomic E-state index is 10.4. The average molecular weight is 232 g/mol. The summed E-state index contributed by atoms with van der Waals surface area (Å²) in [5, 5.41) is 10.4. The van der Waals surface area contributed by atoms with Gasteiger partial charge in [-0.3, -0.25) is 0 Å². The molecule has 1 aromatic rings. The molecule has 0 saturated carbocycles. The van der Waals surface area contributed by atoms with Crippen LogP contribution >= 0.6 is 0 Å². The van der Waals surface area contributed by atoms with Gasteiger partial charge in [0.25, 0.3) is 0 Å². The summed E-state index contributed by atoms with van der Waals surface area (Å²) in [7, 11) is 0. The fourth-order valence-corrected chi connectivity index (χ4v) is 3.50. The molecule has 1 fully saturated rings. The number of rotatable bonds is 0. The Hall–Kier alpha value is -0.860. The first-order chi connectivity index (χ1) is 8.22. The van der Waals surface area contributed by atoms with Gasteiger partial charge in [0.05, 0.1) is 6.10 Å². The van der Waals surface area contributed by atoms with Gasteiger partial charge in [-0.2, -0.15) is 0 Å². The predicted octanol–water partition coefficient (Wildman–Crippen LogP) is 2.35. The first kappa shape index (κ1) is 11.2. The van der Waals surface area contributed by atoms with Gasteiger partial charge in [0.2, 0.25) is 0 Å². The van der Waals surface area contributed by atoms with Crippen LogP contribution in [-0.4, -0.2) is 24.4 Å². The molecular weight excluding hydrogens is 212 g/mol. The Bertz CT molecular complexity index is 419.